The van der Waals surface area contributed by atoms with Gasteiger partial charge >= 0.3 is 12.1 Å². The highest BCUT2D eigenvalue weighted by atomic mass is 16.5. The molecule has 1 atom stereocenters. The highest BCUT2D eigenvalue weighted by molar-refractivity contribution is 5.79. The summed E-state index contributed by atoms with van der Waals surface area (Å²) in [6.45, 7) is 1.06. The number of unbranched alkanes of at least 4 members (excludes halogenated alkanes) is 2. The molecule has 30 heavy (non-hydrogen) atoms. The highest BCUT2D eigenvalue weighted by Crippen LogP contribution is 2.07. The molecule has 164 valence electrons. The lowest BCUT2D eigenvalue weighted by Gasteiger charge is -2.14. The highest BCUT2D eigenvalue weighted by Gasteiger charge is 2.20. The molecule has 0 saturated carbocycles. The average Bonchev–Trinajstić information content (AvgIpc) is 3.11. The second kappa shape index (κ2) is 11.4. The molecule has 1 amide bonds. The zero-order valence-corrected chi connectivity index (χ0v) is 16.4. The fraction of sp³-hybridized carbons (Fsp3) is 0.529. The molecule has 0 aliphatic carbocycles. The Labute approximate surface area is 171 Å². The molecule has 0 aliphatic heterocycles. The van der Waals surface area contributed by atoms with Gasteiger partial charge in [-0.05, 0) is 32.1 Å². The molecule has 13 heteroatoms. The number of aliphatic imine (C=N–C) groups is 1. The number of carbonyl (C=O) groups is 2. The van der Waals surface area contributed by atoms with Crippen LogP contribution >= 0.6 is 0 Å². The van der Waals surface area contributed by atoms with Gasteiger partial charge in [-0.25, -0.2) is 19.6 Å². The molecular formula is C17H26N8O5. The summed E-state index contributed by atoms with van der Waals surface area (Å²) in [4.78, 5) is 49.0. The molecule has 2 aromatic heterocycles. The number of hydrogen-bond donors (Lipinski definition) is 5. The van der Waals surface area contributed by atoms with Crippen molar-refractivity contribution in [2.24, 2.45) is 16.5 Å². The molecule has 0 aliphatic rings. The first-order valence-electron chi connectivity index (χ1n) is 9.48. The van der Waals surface area contributed by atoms with Crippen molar-refractivity contribution >= 4 is 29.2 Å². The minimum atomic E-state index is -1.16. The summed E-state index contributed by atoms with van der Waals surface area (Å²) in [7, 11) is 0. The largest absolute Gasteiger partial charge is 0.480 e. The molecule has 2 rings (SSSR count). The molecule has 0 aromatic carbocycles. The van der Waals surface area contributed by atoms with Crippen molar-refractivity contribution in [3.63, 3.8) is 0 Å². The minimum Gasteiger partial charge on any atom is -0.480 e. The number of aliphatic carboxylic acids is 1. The van der Waals surface area contributed by atoms with Crippen LogP contribution in [0.2, 0.25) is 0 Å². The first-order valence-corrected chi connectivity index (χ1v) is 9.48. The maximum atomic E-state index is 11.8. The van der Waals surface area contributed by atoms with E-state index in [2.05, 4.69) is 25.3 Å². The van der Waals surface area contributed by atoms with Gasteiger partial charge in [-0.1, -0.05) is 0 Å². The first-order chi connectivity index (χ1) is 14.4. The van der Waals surface area contributed by atoms with Crippen LogP contribution in [0.5, 0.6) is 0 Å². The molecule has 0 bridgehead atoms. The summed E-state index contributed by atoms with van der Waals surface area (Å²) in [6.07, 6.45) is 4.83. The number of fused-ring (bicyclic) bond motifs is 1. The normalized spacial score (nSPS) is 11.7. The van der Waals surface area contributed by atoms with Gasteiger partial charge in [0.1, 0.15) is 6.04 Å². The summed E-state index contributed by atoms with van der Waals surface area (Å²) < 4.78 is 6.82. The second-order valence-corrected chi connectivity index (χ2v) is 6.52. The van der Waals surface area contributed by atoms with Gasteiger partial charge in [0.05, 0.1) is 19.3 Å². The standard InChI is InChI=1S/C17H26N8O5/c18-16(19)20-6-4-5-11(15(27)28)24-17(29)30-8-3-1-2-7-25-10-23-12-13(25)21-9-22-14(12)26/h9-11H,1-8H2,(H,24,29)(H,27,28)(H4,18,19,20)(H,21,22,26)/t11-/m0/s1. The predicted molar refractivity (Wildman–Crippen MR) is 108 cm³/mol. The van der Waals surface area contributed by atoms with Gasteiger partial charge in [-0.2, -0.15) is 0 Å². The van der Waals surface area contributed by atoms with Crippen molar-refractivity contribution in [2.45, 2.75) is 44.7 Å². The molecule has 0 saturated heterocycles. The summed E-state index contributed by atoms with van der Waals surface area (Å²) >= 11 is 0. The van der Waals surface area contributed by atoms with Crippen LogP contribution in [0.1, 0.15) is 32.1 Å². The van der Waals surface area contributed by atoms with Gasteiger partial charge in [0, 0.05) is 13.1 Å². The van der Waals surface area contributed by atoms with Crippen LogP contribution in [0, 0.1) is 0 Å². The maximum absolute atomic E-state index is 11.8. The summed E-state index contributed by atoms with van der Waals surface area (Å²) in [5, 5.41) is 11.5. The Morgan fingerprint density at radius 2 is 2.07 bits per heavy atom. The topological polar surface area (TPSA) is 204 Å². The van der Waals surface area contributed by atoms with Crippen LogP contribution in [0.3, 0.4) is 0 Å². The number of H-pyrrole nitrogens is 1. The van der Waals surface area contributed by atoms with Crippen molar-refractivity contribution < 1.29 is 19.4 Å². The van der Waals surface area contributed by atoms with E-state index in [0.29, 0.717) is 30.6 Å². The Kier molecular flexibility index (Phi) is 8.59. The number of ether oxygens (including phenoxy) is 1. The van der Waals surface area contributed by atoms with Gasteiger partial charge in [0.2, 0.25) is 0 Å². The van der Waals surface area contributed by atoms with E-state index in [1.165, 1.54) is 6.33 Å². The van der Waals surface area contributed by atoms with Crippen molar-refractivity contribution in [3.05, 3.63) is 23.0 Å². The molecular weight excluding hydrogens is 396 g/mol. The van der Waals surface area contributed by atoms with Crippen molar-refractivity contribution in [1.29, 1.82) is 0 Å². The van der Waals surface area contributed by atoms with E-state index >= 15 is 0 Å². The number of rotatable bonds is 12. The number of aryl methyl sites for hydroxylation is 1. The third kappa shape index (κ3) is 7.07. The molecule has 0 spiro atoms. The van der Waals surface area contributed by atoms with E-state index < -0.39 is 18.1 Å². The molecule has 0 fully saturated rings. The number of guanidine groups is 1. The number of carbonyl (C=O) groups excluding carboxylic acids is 1. The fourth-order valence-electron chi connectivity index (χ4n) is 2.73. The zero-order valence-electron chi connectivity index (χ0n) is 16.4. The van der Waals surface area contributed by atoms with E-state index in [-0.39, 0.29) is 31.1 Å². The number of nitrogens with one attached hydrogen (secondary N) is 2. The molecule has 13 nitrogen and oxygen atoms in total. The number of alkyl carbamates (subject to hydrolysis) is 1. The number of amides is 1. The summed E-state index contributed by atoms with van der Waals surface area (Å²) in [5.74, 6) is -1.22. The first kappa shape index (κ1) is 22.6. The van der Waals surface area contributed by atoms with E-state index in [1.54, 1.807) is 10.9 Å². The quantitative estimate of drug-likeness (QED) is 0.170. The summed E-state index contributed by atoms with van der Waals surface area (Å²) in [5.41, 5.74) is 10.9. The SMILES string of the molecule is NC(N)=NCCC[C@H](NC(=O)OCCCCCn1cnc2c(=O)[nH]cnc21)C(=O)O. The van der Waals surface area contributed by atoms with Crippen molar-refractivity contribution in [1.82, 2.24) is 24.8 Å². The molecule has 0 radical (unpaired) electrons. The van der Waals surface area contributed by atoms with Gasteiger partial charge in [0.15, 0.2) is 17.1 Å². The fourth-order valence-corrected chi connectivity index (χ4v) is 2.73. The Bertz CT molecular complexity index is 934. The van der Waals surface area contributed by atoms with Crippen LogP contribution in [-0.4, -0.2) is 61.8 Å². The third-order valence-electron chi connectivity index (χ3n) is 4.22. The number of carboxylic acids is 1. The Balaban J connectivity index is 1.63. The van der Waals surface area contributed by atoms with Crippen LogP contribution in [-0.2, 0) is 16.1 Å². The monoisotopic (exact) mass is 422 g/mol. The zero-order chi connectivity index (χ0) is 21.9. The Hall–Kier alpha value is -3.64. The number of carboxylic acid groups (broad SMARTS) is 1. The predicted octanol–water partition coefficient (Wildman–Crippen LogP) is -0.477. The van der Waals surface area contributed by atoms with E-state index in [9.17, 15) is 14.4 Å². The number of aromatic nitrogens is 4. The van der Waals surface area contributed by atoms with E-state index in [1.807, 2.05) is 0 Å². The number of nitrogens with zero attached hydrogens (tertiary/aromatic N) is 4. The number of imidazole rings is 1. The van der Waals surface area contributed by atoms with Gasteiger partial charge in [-0.3, -0.25) is 9.79 Å². The second-order valence-electron chi connectivity index (χ2n) is 6.52. The molecule has 2 heterocycles. The summed E-state index contributed by atoms with van der Waals surface area (Å²) in [6, 6.07) is -1.07. The lowest BCUT2D eigenvalue weighted by Crippen LogP contribution is -2.41. The smallest absolute Gasteiger partial charge is 0.407 e. The van der Waals surface area contributed by atoms with Gasteiger partial charge < -0.3 is 36.2 Å². The van der Waals surface area contributed by atoms with Crippen LogP contribution in [0.25, 0.3) is 11.2 Å². The number of aromatic amines is 1. The van der Waals surface area contributed by atoms with Crippen molar-refractivity contribution in [3.8, 4) is 0 Å². The van der Waals surface area contributed by atoms with E-state index in [4.69, 9.17) is 21.3 Å². The lowest BCUT2D eigenvalue weighted by molar-refractivity contribution is -0.139. The molecule has 7 N–H and O–H groups in total. The van der Waals surface area contributed by atoms with Crippen LogP contribution in [0.15, 0.2) is 22.4 Å². The number of hydrogen-bond acceptors (Lipinski definition) is 7. The van der Waals surface area contributed by atoms with Crippen molar-refractivity contribution in [2.75, 3.05) is 13.2 Å². The van der Waals surface area contributed by atoms with Crippen LogP contribution in [0.4, 0.5) is 4.79 Å². The molecule has 0 unspecified atom stereocenters. The Morgan fingerprint density at radius 1 is 1.27 bits per heavy atom. The number of nitrogens with two attached hydrogens (primary N) is 2. The lowest BCUT2D eigenvalue weighted by atomic mass is 10.1. The Morgan fingerprint density at radius 3 is 2.80 bits per heavy atom. The van der Waals surface area contributed by atoms with Crippen LogP contribution < -0.4 is 22.3 Å². The maximum Gasteiger partial charge on any atom is 0.407 e. The minimum absolute atomic E-state index is 0.0691. The third-order valence-corrected chi connectivity index (χ3v) is 4.22. The average molecular weight is 422 g/mol. The van der Waals surface area contributed by atoms with E-state index in [0.717, 1.165) is 12.8 Å². The van der Waals surface area contributed by atoms with Gasteiger partial charge in [-0.15, -0.1) is 0 Å². The van der Waals surface area contributed by atoms with Gasteiger partial charge in [0.25, 0.3) is 5.56 Å². The molecule has 2 aromatic rings.